The lowest BCUT2D eigenvalue weighted by Gasteiger charge is -2.29. The fraction of sp³-hybridized carbons (Fsp3) is 0.750. The molecule has 2 fully saturated rings. The molecule has 2 N–H and O–H groups in total. The number of likely N-dealkylation sites (tertiary alicyclic amines) is 1. The Morgan fingerprint density at radius 2 is 2.05 bits per heavy atom. The first kappa shape index (κ1) is 15.6. The van der Waals surface area contributed by atoms with Crippen LogP contribution in [0.2, 0.25) is 0 Å². The number of aliphatic carboxylic acids is 1. The minimum absolute atomic E-state index is 0.0836. The standard InChI is InChI=1S/C12H15F3N2O4/c13-12(14,15)11(10(20)21)3-4-17(6-11)9(19)7-1-2-8(18)16-5-7/h7H,1-6H2,(H,16,18)(H,20,21). The molecule has 0 saturated carbocycles. The summed E-state index contributed by atoms with van der Waals surface area (Å²) in [5.74, 6) is -3.26. The Morgan fingerprint density at radius 1 is 1.38 bits per heavy atom. The van der Waals surface area contributed by atoms with Gasteiger partial charge in [-0.2, -0.15) is 13.2 Å². The van der Waals surface area contributed by atoms with Crippen LogP contribution >= 0.6 is 0 Å². The first-order chi connectivity index (χ1) is 9.67. The van der Waals surface area contributed by atoms with Gasteiger partial charge in [0.15, 0.2) is 5.41 Å². The van der Waals surface area contributed by atoms with E-state index in [0.717, 1.165) is 4.90 Å². The van der Waals surface area contributed by atoms with E-state index in [1.165, 1.54) is 0 Å². The molecule has 0 spiro atoms. The van der Waals surface area contributed by atoms with E-state index in [2.05, 4.69) is 5.32 Å². The molecule has 0 radical (unpaired) electrons. The zero-order valence-corrected chi connectivity index (χ0v) is 11.1. The van der Waals surface area contributed by atoms with E-state index in [9.17, 15) is 27.6 Å². The van der Waals surface area contributed by atoms with Crippen molar-refractivity contribution in [2.75, 3.05) is 19.6 Å². The van der Waals surface area contributed by atoms with E-state index >= 15 is 0 Å². The van der Waals surface area contributed by atoms with Gasteiger partial charge < -0.3 is 15.3 Å². The molecule has 6 nitrogen and oxygen atoms in total. The predicted molar refractivity (Wildman–Crippen MR) is 63.1 cm³/mol. The third kappa shape index (κ3) is 2.68. The van der Waals surface area contributed by atoms with Crippen LogP contribution < -0.4 is 5.32 Å². The van der Waals surface area contributed by atoms with Gasteiger partial charge in [-0.25, -0.2) is 0 Å². The first-order valence-corrected chi connectivity index (χ1v) is 6.53. The summed E-state index contributed by atoms with van der Waals surface area (Å²) >= 11 is 0. The van der Waals surface area contributed by atoms with E-state index in [1.54, 1.807) is 0 Å². The second-order valence-electron chi connectivity index (χ2n) is 5.43. The average molecular weight is 308 g/mol. The van der Waals surface area contributed by atoms with Gasteiger partial charge in [0, 0.05) is 26.1 Å². The van der Waals surface area contributed by atoms with Crippen molar-refractivity contribution in [1.29, 1.82) is 0 Å². The van der Waals surface area contributed by atoms with Crippen molar-refractivity contribution in [3.05, 3.63) is 0 Å². The monoisotopic (exact) mass is 308 g/mol. The van der Waals surface area contributed by atoms with Crippen LogP contribution in [-0.2, 0) is 14.4 Å². The normalized spacial score (nSPS) is 30.1. The highest BCUT2D eigenvalue weighted by Crippen LogP contribution is 2.46. The molecule has 21 heavy (non-hydrogen) atoms. The summed E-state index contributed by atoms with van der Waals surface area (Å²) in [6, 6.07) is 0. The summed E-state index contributed by atoms with van der Waals surface area (Å²) in [4.78, 5) is 35.2. The third-order valence-electron chi connectivity index (χ3n) is 4.15. The number of nitrogens with zero attached hydrogens (tertiary/aromatic N) is 1. The number of hydrogen-bond donors (Lipinski definition) is 2. The van der Waals surface area contributed by atoms with Crippen molar-refractivity contribution in [2.24, 2.45) is 11.3 Å². The number of nitrogens with one attached hydrogen (secondary N) is 1. The zero-order valence-electron chi connectivity index (χ0n) is 11.1. The average Bonchev–Trinajstić information content (AvgIpc) is 2.84. The van der Waals surface area contributed by atoms with Crippen LogP contribution in [0.1, 0.15) is 19.3 Å². The highest BCUT2D eigenvalue weighted by molar-refractivity contribution is 5.85. The van der Waals surface area contributed by atoms with Crippen LogP contribution in [0.25, 0.3) is 0 Å². The molecule has 2 saturated heterocycles. The van der Waals surface area contributed by atoms with Gasteiger partial charge in [0.25, 0.3) is 0 Å². The SMILES string of the molecule is O=C1CCC(C(=O)N2CCC(C(=O)O)(C(F)(F)F)C2)CN1. The van der Waals surface area contributed by atoms with Gasteiger partial charge in [-0.05, 0) is 12.8 Å². The second-order valence-corrected chi connectivity index (χ2v) is 5.43. The van der Waals surface area contributed by atoms with Gasteiger partial charge in [-0.1, -0.05) is 0 Å². The van der Waals surface area contributed by atoms with Gasteiger partial charge in [0.2, 0.25) is 11.8 Å². The number of carbonyl (C=O) groups is 3. The molecule has 2 aliphatic heterocycles. The molecule has 2 rings (SSSR count). The van der Waals surface area contributed by atoms with Gasteiger partial charge >= 0.3 is 12.1 Å². The van der Waals surface area contributed by atoms with Gasteiger partial charge in [-0.15, -0.1) is 0 Å². The van der Waals surface area contributed by atoms with Gasteiger partial charge in [0.05, 0.1) is 5.92 Å². The van der Waals surface area contributed by atoms with Crippen molar-refractivity contribution < 1.29 is 32.7 Å². The van der Waals surface area contributed by atoms with Crippen LogP contribution in [-0.4, -0.2) is 53.6 Å². The number of rotatable bonds is 2. The number of alkyl halides is 3. The quantitative estimate of drug-likeness (QED) is 0.772. The van der Waals surface area contributed by atoms with Crippen LogP contribution in [0.5, 0.6) is 0 Å². The smallest absolute Gasteiger partial charge is 0.406 e. The highest BCUT2D eigenvalue weighted by Gasteiger charge is 2.64. The molecule has 2 amide bonds. The van der Waals surface area contributed by atoms with Crippen LogP contribution in [0.3, 0.4) is 0 Å². The van der Waals surface area contributed by atoms with Crippen molar-refractivity contribution in [2.45, 2.75) is 25.4 Å². The number of amides is 2. The van der Waals surface area contributed by atoms with E-state index in [0.29, 0.717) is 0 Å². The molecule has 0 aromatic carbocycles. The summed E-state index contributed by atoms with van der Waals surface area (Å²) < 4.78 is 39.1. The van der Waals surface area contributed by atoms with Gasteiger partial charge in [-0.3, -0.25) is 14.4 Å². The second kappa shape index (κ2) is 5.19. The molecule has 0 aromatic heterocycles. The number of carboxylic acids is 1. The van der Waals surface area contributed by atoms with Gasteiger partial charge in [0.1, 0.15) is 0 Å². The summed E-state index contributed by atoms with van der Waals surface area (Å²) in [5.41, 5.74) is -2.89. The molecule has 9 heteroatoms. The molecule has 2 atom stereocenters. The molecule has 0 aromatic rings. The molecule has 0 bridgehead atoms. The Kier molecular flexibility index (Phi) is 3.85. The molecular weight excluding hydrogens is 293 g/mol. The number of hydrogen-bond acceptors (Lipinski definition) is 3. The van der Waals surface area contributed by atoms with Crippen molar-refractivity contribution in [3.8, 4) is 0 Å². The van der Waals surface area contributed by atoms with Crippen molar-refractivity contribution in [1.82, 2.24) is 10.2 Å². The molecule has 2 heterocycles. The van der Waals surface area contributed by atoms with E-state index < -0.39 is 42.4 Å². The summed E-state index contributed by atoms with van der Waals surface area (Å²) in [6.07, 6.45) is -5.13. The minimum atomic E-state index is -4.91. The number of carbonyl (C=O) groups excluding carboxylic acids is 2. The molecular formula is C12H15F3N2O4. The predicted octanol–water partition coefficient (Wildman–Crippen LogP) is 0.378. The Labute approximate surface area is 118 Å². The van der Waals surface area contributed by atoms with E-state index in [4.69, 9.17) is 5.11 Å². The van der Waals surface area contributed by atoms with Crippen LogP contribution in [0.15, 0.2) is 0 Å². The topological polar surface area (TPSA) is 86.7 Å². The van der Waals surface area contributed by atoms with Crippen LogP contribution in [0.4, 0.5) is 13.2 Å². The molecule has 118 valence electrons. The van der Waals surface area contributed by atoms with E-state index in [-0.39, 0.29) is 31.8 Å². The number of carboxylic acid groups (broad SMARTS) is 1. The summed E-state index contributed by atoms with van der Waals surface area (Å²) in [6.45, 7) is -1.02. The highest BCUT2D eigenvalue weighted by atomic mass is 19.4. The number of halogens is 3. The Balaban J connectivity index is 2.09. The largest absolute Gasteiger partial charge is 0.481 e. The lowest BCUT2D eigenvalue weighted by atomic mass is 9.86. The lowest BCUT2D eigenvalue weighted by molar-refractivity contribution is -0.227. The molecule has 0 aliphatic carbocycles. The van der Waals surface area contributed by atoms with Crippen LogP contribution in [0, 0.1) is 11.3 Å². The maximum Gasteiger partial charge on any atom is 0.406 e. The zero-order chi connectivity index (χ0) is 15.8. The third-order valence-corrected chi connectivity index (χ3v) is 4.15. The summed E-state index contributed by atoms with van der Waals surface area (Å²) in [5, 5.41) is 11.4. The maximum absolute atomic E-state index is 13.0. The lowest BCUT2D eigenvalue weighted by Crippen LogP contribution is -2.49. The minimum Gasteiger partial charge on any atom is -0.481 e. The molecule has 2 unspecified atom stereocenters. The first-order valence-electron chi connectivity index (χ1n) is 6.53. The Morgan fingerprint density at radius 3 is 2.48 bits per heavy atom. The fourth-order valence-corrected chi connectivity index (χ4v) is 2.73. The summed E-state index contributed by atoms with van der Waals surface area (Å²) in [7, 11) is 0. The number of piperidine rings is 1. The Bertz CT molecular complexity index is 470. The maximum atomic E-state index is 13.0. The van der Waals surface area contributed by atoms with Crippen molar-refractivity contribution >= 4 is 17.8 Å². The fourth-order valence-electron chi connectivity index (χ4n) is 2.73. The van der Waals surface area contributed by atoms with E-state index in [1.807, 2.05) is 0 Å². The van der Waals surface area contributed by atoms with Crippen molar-refractivity contribution in [3.63, 3.8) is 0 Å². The Hall–Kier alpha value is -1.80. The molecule has 2 aliphatic rings.